The van der Waals surface area contributed by atoms with Crippen LogP contribution in [0.5, 0.6) is 0 Å². The molecule has 0 bridgehead atoms. The van der Waals surface area contributed by atoms with E-state index in [1.807, 2.05) is 31.2 Å². The molecule has 2 unspecified atom stereocenters. The summed E-state index contributed by atoms with van der Waals surface area (Å²) in [6, 6.07) is 9.67. The number of carbonyl (C=O) groups excluding carboxylic acids is 1. The fraction of sp³-hybridized carbons (Fsp3) is 0.556. The van der Waals surface area contributed by atoms with Crippen molar-refractivity contribution >= 4 is 5.91 Å². The smallest absolute Gasteiger partial charge is 0.224 e. The lowest BCUT2D eigenvalue weighted by Gasteiger charge is -2.38. The quantitative estimate of drug-likeness (QED) is 0.876. The van der Waals surface area contributed by atoms with Gasteiger partial charge in [-0.15, -0.1) is 0 Å². The third kappa shape index (κ3) is 4.08. The second-order valence-electron chi connectivity index (χ2n) is 6.47. The number of benzene rings is 1. The molecule has 4 nitrogen and oxygen atoms in total. The molecule has 118 valence electrons. The number of hydrogen-bond acceptors (Lipinski definition) is 3. The molecule has 1 fully saturated rings. The van der Waals surface area contributed by atoms with Crippen LogP contribution in [-0.2, 0) is 17.6 Å². The van der Waals surface area contributed by atoms with E-state index in [2.05, 4.69) is 11.4 Å². The number of aliphatic hydroxyl groups excluding tert-OH is 1. The van der Waals surface area contributed by atoms with Gasteiger partial charge in [-0.1, -0.05) is 44.0 Å². The Balaban J connectivity index is 1.92. The van der Waals surface area contributed by atoms with Gasteiger partial charge in [0.2, 0.25) is 5.91 Å². The summed E-state index contributed by atoms with van der Waals surface area (Å²) in [6.07, 6.45) is 4.19. The minimum absolute atomic E-state index is 0.0515. The standard InChI is InChI=1S/C18H24N2O2/c1-18(10-5-4-8-16(18)21)13-20-17(22)12-15-7-3-2-6-14(15)9-11-19/h2-3,6-7,16,21H,4-5,8-10,12-13H2,1H3,(H,20,22). The Hall–Kier alpha value is -1.86. The molecule has 0 spiro atoms. The van der Waals surface area contributed by atoms with Crippen LogP contribution in [0.2, 0.25) is 0 Å². The molecule has 22 heavy (non-hydrogen) atoms. The Labute approximate surface area is 132 Å². The minimum Gasteiger partial charge on any atom is -0.392 e. The predicted molar refractivity (Wildman–Crippen MR) is 85.1 cm³/mol. The fourth-order valence-corrected chi connectivity index (χ4v) is 3.11. The van der Waals surface area contributed by atoms with E-state index in [4.69, 9.17) is 5.26 Å². The van der Waals surface area contributed by atoms with Gasteiger partial charge in [-0.3, -0.25) is 4.79 Å². The van der Waals surface area contributed by atoms with Crippen LogP contribution in [0.4, 0.5) is 0 Å². The molecule has 0 heterocycles. The van der Waals surface area contributed by atoms with Crippen LogP contribution < -0.4 is 5.32 Å². The molecular weight excluding hydrogens is 276 g/mol. The molecule has 1 saturated carbocycles. The molecule has 4 heteroatoms. The first-order valence-corrected chi connectivity index (χ1v) is 7.94. The van der Waals surface area contributed by atoms with E-state index < -0.39 is 0 Å². The van der Waals surface area contributed by atoms with Crippen molar-refractivity contribution in [3.8, 4) is 6.07 Å². The summed E-state index contributed by atoms with van der Waals surface area (Å²) >= 11 is 0. The monoisotopic (exact) mass is 300 g/mol. The number of nitriles is 1. The molecule has 0 radical (unpaired) electrons. The zero-order valence-corrected chi connectivity index (χ0v) is 13.1. The van der Waals surface area contributed by atoms with E-state index in [9.17, 15) is 9.90 Å². The first-order chi connectivity index (χ1) is 10.5. The van der Waals surface area contributed by atoms with Gasteiger partial charge in [-0.05, 0) is 24.0 Å². The van der Waals surface area contributed by atoms with Crippen LogP contribution in [0.15, 0.2) is 24.3 Å². The van der Waals surface area contributed by atoms with Gasteiger partial charge in [0.15, 0.2) is 0 Å². The molecule has 1 aromatic rings. The van der Waals surface area contributed by atoms with E-state index in [0.29, 0.717) is 13.0 Å². The van der Waals surface area contributed by atoms with Gasteiger partial charge in [0.1, 0.15) is 0 Å². The number of carbonyl (C=O) groups is 1. The molecule has 1 amide bonds. The second-order valence-corrected chi connectivity index (χ2v) is 6.47. The summed E-state index contributed by atoms with van der Waals surface area (Å²) in [5.74, 6) is -0.0515. The zero-order valence-electron chi connectivity index (χ0n) is 13.1. The maximum absolute atomic E-state index is 12.2. The molecule has 2 N–H and O–H groups in total. The Bertz CT molecular complexity index is 564. The maximum Gasteiger partial charge on any atom is 0.224 e. The van der Waals surface area contributed by atoms with Gasteiger partial charge < -0.3 is 10.4 Å². The van der Waals surface area contributed by atoms with Crippen molar-refractivity contribution in [2.75, 3.05) is 6.54 Å². The highest BCUT2D eigenvalue weighted by atomic mass is 16.3. The summed E-state index contributed by atoms with van der Waals surface area (Å²) in [7, 11) is 0. The highest BCUT2D eigenvalue weighted by Gasteiger charge is 2.35. The molecule has 0 aliphatic heterocycles. The number of amides is 1. The minimum atomic E-state index is -0.340. The summed E-state index contributed by atoms with van der Waals surface area (Å²) in [6.45, 7) is 2.55. The number of nitrogens with zero attached hydrogens (tertiary/aromatic N) is 1. The van der Waals surface area contributed by atoms with Crippen LogP contribution in [-0.4, -0.2) is 23.7 Å². The van der Waals surface area contributed by atoms with Gasteiger partial charge in [0.25, 0.3) is 0 Å². The molecule has 1 aliphatic rings. The van der Waals surface area contributed by atoms with Crippen molar-refractivity contribution in [3.63, 3.8) is 0 Å². The summed E-state index contributed by atoms with van der Waals surface area (Å²) in [5, 5.41) is 22.0. The van der Waals surface area contributed by atoms with Crippen molar-refractivity contribution in [3.05, 3.63) is 35.4 Å². The third-order valence-electron chi connectivity index (χ3n) is 4.71. The SMILES string of the molecule is CC1(CNC(=O)Cc2ccccc2CC#N)CCCCC1O. The number of aliphatic hydroxyl groups is 1. The molecular formula is C18H24N2O2. The summed E-state index contributed by atoms with van der Waals surface area (Å²) < 4.78 is 0. The van der Waals surface area contributed by atoms with Crippen molar-refractivity contribution in [1.82, 2.24) is 5.32 Å². The van der Waals surface area contributed by atoms with E-state index in [1.54, 1.807) is 0 Å². The van der Waals surface area contributed by atoms with Gasteiger partial charge in [-0.2, -0.15) is 5.26 Å². The first kappa shape index (κ1) is 16.5. The highest BCUT2D eigenvalue weighted by molar-refractivity contribution is 5.79. The van der Waals surface area contributed by atoms with Gasteiger partial charge in [-0.25, -0.2) is 0 Å². The zero-order chi connectivity index (χ0) is 16.0. The normalized spacial score (nSPS) is 24.5. The fourth-order valence-electron chi connectivity index (χ4n) is 3.11. The summed E-state index contributed by atoms with van der Waals surface area (Å²) in [4.78, 5) is 12.2. The first-order valence-electron chi connectivity index (χ1n) is 7.94. The van der Waals surface area contributed by atoms with Crippen molar-refractivity contribution in [2.45, 2.75) is 51.6 Å². The Kier molecular flexibility index (Phi) is 5.57. The van der Waals surface area contributed by atoms with Crippen LogP contribution in [0, 0.1) is 16.7 Å². The molecule has 2 atom stereocenters. The highest BCUT2D eigenvalue weighted by Crippen LogP contribution is 2.35. The lowest BCUT2D eigenvalue weighted by atomic mass is 9.73. The molecule has 1 aliphatic carbocycles. The van der Waals surface area contributed by atoms with E-state index >= 15 is 0 Å². The largest absolute Gasteiger partial charge is 0.392 e. The Morgan fingerprint density at radius 1 is 1.41 bits per heavy atom. The Morgan fingerprint density at radius 2 is 2.14 bits per heavy atom. The molecule has 1 aromatic carbocycles. The Morgan fingerprint density at radius 3 is 2.82 bits per heavy atom. The van der Waals surface area contributed by atoms with Crippen LogP contribution in [0.25, 0.3) is 0 Å². The summed E-state index contributed by atoms with van der Waals surface area (Å²) in [5.41, 5.74) is 1.58. The lowest BCUT2D eigenvalue weighted by Crippen LogP contribution is -2.45. The number of hydrogen-bond donors (Lipinski definition) is 2. The third-order valence-corrected chi connectivity index (χ3v) is 4.71. The van der Waals surface area contributed by atoms with Crippen LogP contribution in [0.3, 0.4) is 0 Å². The van der Waals surface area contributed by atoms with E-state index in [0.717, 1.165) is 36.8 Å². The van der Waals surface area contributed by atoms with Crippen molar-refractivity contribution in [2.24, 2.45) is 5.41 Å². The van der Waals surface area contributed by atoms with Crippen molar-refractivity contribution < 1.29 is 9.90 Å². The van der Waals surface area contributed by atoms with E-state index in [-0.39, 0.29) is 23.8 Å². The predicted octanol–water partition coefficient (Wildman–Crippen LogP) is 2.35. The molecule has 2 rings (SSSR count). The average molecular weight is 300 g/mol. The molecule has 0 aromatic heterocycles. The lowest BCUT2D eigenvalue weighted by molar-refractivity contribution is -0.121. The van der Waals surface area contributed by atoms with Crippen LogP contribution >= 0.6 is 0 Å². The van der Waals surface area contributed by atoms with Gasteiger partial charge in [0.05, 0.1) is 25.0 Å². The van der Waals surface area contributed by atoms with Crippen LogP contribution in [0.1, 0.15) is 43.7 Å². The second kappa shape index (κ2) is 7.42. The number of nitrogens with one attached hydrogen (secondary N) is 1. The van der Waals surface area contributed by atoms with Crippen molar-refractivity contribution in [1.29, 1.82) is 5.26 Å². The molecule has 0 saturated heterocycles. The maximum atomic E-state index is 12.2. The average Bonchev–Trinajstić information content (AvgIpc) is 2.51. The number of rotatable bonds is 5. The topological polar surface area (TPSA) is 73.1 Å². The van der Waals surface area contributed by atoms with Gasteiger partial charge >= 0.3 is 0 Å². The van der Waals surface area contributed by atoms with Gasteiger partial charge in [0, 0.05) is 12.0 Å². The van der Waals surface area contributed by atoms with E-state index in [1.165, 1.54) is 0 Å².